The zero-order valence-corrected chi connectivity index (χ0v) is 11.0. The second-order valence-corrected chi connectivity index (χ2v) is 5.25. The lowest BCUT2D eigenvalue weighted by molar-refractivity contribution is 0.361. The van der Waals surface area contributed by atoms with Gasteiger partial charge in [-0.1, -0.05) is 18.2 Å². The van der Waals surface area contributed by atoms with Crippen molar-refractivity contribution in [1.82, 2.24) is 0 Å². The van der Waals surface area contributed by atoms with Gasteiger partial charge in [-0.25, -0.2) is 17.6 Å². The Bertz CT molecular complexity index is 665. The summed E-state index contributed by atoms with van der Waals surface area (Å²) >= 11 is 0. The van der Waals surface area contributed by atoms with Crippen molar-refractivity contribution in [2.45, 2.75) is 24.8 Å². The van der Waals surface area contributed by atoms with Gasteiger partial charge in [0.05, 0.1) is 5.69 Å². The van der Waals surface area contributed by atoms with Gasteiger partial charge < -0.3 is 5.32 Å². The van der Waals surface area contributed by atoms with Gasteiger partial charge in [-0.05, 0) is 42.5 Å². The average Bonchev–Trinajstić information content (AvgIpc) is 2.43. The summed E-state index contributed by atoms with van der Waals surface area (Å²) in [6, 6.07) is 8.52. The van der Waals surface area contributed by atoms with Crippen molar-refractivity contribution in [1.29, 1.82) is 0 Å². The molecule has 3 rings (SSSR count). The van der Waals surface area contributed by atoms with Crippen LogP contribution in [0.15, 0.2) is 36.4 Å². The van der Waals surface area contributed by atoms with Crippen molar-refractivity contribution in [3.63, 3.8) is 0 Å². The molecule has 1 aliphatic carbocycles. The van der Waals surface area contributed by atoms with E-state index >= 15 is 0 Å². The number of hydrogen-bond donors (Lipinski definition) is 1. The normalized spacial score (nSPS) is 21.0. The second kappa shape index (κ2) is 5.39. The van der Waals surface area contributed by atoms with Gasteiger partial charge in [0.25, 0.3) is 0 Å². The third-order valence-corrected chi connectivity index (χ3v) is 3.88. The molecule has 21 heavy (non-hydrogen) atoms. The van der Waals surface area contributed by atoms with Crippen LogP contribution < -0.4 is 5.32 Å². The fourth-order valence-electron chi connectivity index (χ4n) is 2.65. The summed E-state index contributed by atoms with van der Waals surface area (Å²) in [7, 11) is 0. The van der Waals surface area contributed by atoms with Crippen LogP contribution in [0.25, 0.3) is 0 Å². The fourth-order valence-corrected chi connectivity index (χ4v) is 2.65. The van der Waals surface area contributed by atoms with Gasteiger partial charge in [0.15, 0.2) is 17.5 Å². The van der Waals surface area contributed by atoms with E-state index in [9.17, 15) is 17.6 Å². The Kier molecular flexibility index (Phi) is 3.57. The van der Waals surface area contributed by atoms with E-state index in [-0.39, 0.29) is 23.5 Å². The third kappa shape index (κ3) is 2.60. The zero-order valence-electron chi connectivity index (χ0n) is 11.0. The maximum atomic E-state index is 13.6. The average molecular weight is 295 g/mol. The van der Waals surface area contributed by atoms with Crippen LogP contribution in [0.4, 0.5) is 23.2 Å². The Balaban J connectivity index is 1.66. The van der Waals surface area contributed by atoms with Crippen molar-refractivity contribution >= 4 is 5.69 Å². The van der Waals surface area contributed by atoms with Gasteiger partial charge in [0, 0.05) is 6.04 Å². The minimum atomic E-state index is -1.48. The number of halogens is 4. The molecule has 110 valence electrons. The minimum Gasteiger partial charge on any atom is -0.380 e. The number of rotatable bonds is 3. The molecule has 0 amide bonds. The molecule has 5 heteroatoms. The molecule has 0 spiro atoms. The molecule has 0 heterocycles. The Morgan fingerprint density at radius 2 is 1.52 bits per heavy atom. The maximum Gasteiger partial charge on any atom is 0.196 e. The summed E-state index contributed by atoms with van der Waals surface area (Å²) in [6.45, 7) is 0. The van der Waals surface area contributed by atoms with Crippen molar-refractivity contribution in [3.05, 3.63) is 65.2 Å². The lowest BCUT2D eigenvalue weighted by atomic mass is 9.75. The third-order valence-electron chi connectivity index (χ3n) is 3.88. The first-order chi connectivity index (χ1) is 10.1. The van der Waals surface area contributed by atoms with Crippen LogP contribution in [-0.4, -0.2) is 6.04 Å². The highest BCUT2D eigenvalue weighted by Gasteiger charge is 2.32. The van der Waals surface area contributed by atoms with Crippen LogP contribution in [0, 0.1) is 23.3 Å². The summed E-state index contributed by atoms with van der Waals surface area (Å²) in [5.74, 6) is -4.10. The number of benzene rings is 2. The number of nitrogens with one attached hydrogen (secondary N) is 1. The first kappa shape index (κ1) is 13.9. The van der Waals surface area contributed by atoms with Gasteiger partial charge >= 0.3 is 0 Å². The van der Waals surface area contributed by atoms with E-state index in [0.717, 1.165) is 6.07 Å². The Morgan fingerprint density at radius 1 is 0.810 bits per heavy atom. The lowest BCUT2D eigenvalue weighted by Crippen LogP contribution is -2.34. The quantitative estimate of drug-likeness (QED) is 0.644. The molecular formula is C16H13F4N. The smallest absolute Gasteiger partial charge is 0.196 e. The maximum absolute atomic E-state index is 13.6. The van der Waals surface area contributed by atoms with E-state index in [1.807, 2.05) is 0 Å². The topological polar surface area (TPSA) is 12.0 Å². The molecule has 0 unspecified atom stereocenters. The molecule has 1 fully saturated rings. The predicted molar refractivity (Wildman–Crippen MR) is 72.1 cm³/mol. The van der Waals surface area contributed by atoms with Crippen molar-refractivity contribution < 1.29 is 17.6 Å². The second-order valence-electron chi connectivity index (χ2n) is 5.25. The molecule has 1 nitrogen and oxygen atoms in total. The van der Waals surface area contributed by atoms with Crippen LogP contribution in [0.1, 0.15) is 24.3 Å². The molecule has 0 aromatic heterocycles. The monoisotopic (exact) mass is 295 g/mol. The zero-order chi connectivity index (χ0) is 15.0. The van der Waals surface area contributed by atoms with Crippen molar-refractivity contribution in [2.24, 2.45) is 0 Å². The summed E-state index contributed by atoms with van der Waals surface area (Å²) in [6.07, 6.45) is 1.25. The lowest BCUT2D eigenvalue weighted by Gasteiger charge is -2.37. The molecule has 0 bridgehead atoms. The first-order valence-electron chi connectivity index (χ1n) is 6.70. The van der Waals surface area contributed by atoms with E-state index < -0.39 is 17.5 Å². The number of anilines is 1. The summed E-state index contributed by atoms with van der Waals surface area (Å²) in [5.41, 5.74) is 0.576. The molecule has 1 N–H and O–H groups in total. The van der Waals surface area contributed by atoms with E-state index in [2.05, 4.69) is 5.32 Å². The largest absolute Gasteiger partial charge is 0.380 e. The standard InChI is InChI=1S/C16H13F4N/c17-12-4-2-1-3-11(12)9-7-10(8-9)21-14-6-5-13(18)15(19)16(14)20/h1-6,9-10,21H,7-8H2. The molecule has 0 radical (unpaired) electrons. The van der Waals surface area contributed by atoms with E-state index in [4.69, 9.17) is 0 Å². The Hall–Kier alpha value is -2.04. The molecule has 0 aliphatic heterocycles. The molecule has 1 saturated carbocycles. The van der Waals surface area contributed by atoms with E-state index in [1.165, 1.54) is 12.1 Å². The van der Waals surface area contributed by atoms with Crippen LogP contribution in [0.5, 0.6) is 0 Å². The first-order valence-corrected chi connectivity index (χ1v) is 6.70. The fraction of sp³-hybridized carbons (Fsp3) is 0.250. The molecule has 0 atom stereocenters. The molecule has 2 aromatic rings. The number of hydrogen-bond acceptors (Lipinski definition) is 1. The molecular weight excluding hydrogens is 282 g/mol. The molecule has 0 saturated heterocycles. The SMILES string of the molecule is Fc1ccccc1C1CC(Nc2ccc(F)c(F)c2F)C1. The predicted octanol–water partition coefficient (Wildman–Crippen LogP) is 4.60. The van der Waals surface area contributed by atoms with Crippen LogP contribution >= 0.6 is 0 Å². The summed E-state index contributed by atoms with van der Waals surface area (Å²) in [4.78, 5) is 0. The highest BCUT2D eigenvalue weighted by Crippen LogP contribution is 2.39. The van der Waals surface area contributed by atoms with Gasteiger partial charge in [0.1, 0.15) is 5.82 Å². The van der Waals surface area contributed by atoms with Gasteiger partial charge in [-0.3, -0.25) is 0 Å². The van der Waals surface area contributed by atoms with Crippen molar-refractivity contribution in [2.75, 3.05) is 5.32 Å². The molecule has 1 aliphatic rings. The molecule has 2 aromatic carbocycles. The highest BCUT2D eigenvalue weighted by atomic mass is 19.2. The minimum absolute atomic E-state index is 0.0640. The van der Waals surface area contributed by atoms with E-state index in [0.29, 0.717) is 18.4 Å². The van der Waals surface area contributed by atoms with Gasteiger partial charge in [-0.2, -0.15) is 0 Å². The van der Waals surface area contributed by atoms with Crippen LogP contribution in [0.2, 0.25) is 0 Å². The van der Waals surface area contributed by atoms with Crippen molar-refractivity contribution in [3.8, 4) is 0 Å². The van der Waals surface area contributed by atoms with E-state index in [1.54, 1.807) is 18.2 Å². The highest BCUT2D eigenvalue weighted by molar-refractivity contribution is 5.47. The summed E-state index contributed by atoms with van der Waals surface area (Å²) in [5, 5.41) is 2.83. The van der Waals surface area contributed by atoms with Gasteiger partial charge in [0.2, 0.25) is 0 Å². The van der Waals surface area contributed by atoms with Crippen LogP contribution in [-0.2, 0) is 0 Å². The van der Waals surface area contributed by atoms with Gasteiger partial charge in [-0.15, -0.1) is 0 Å². The van der Waals surface area contributed by atoms with Crippen LogP contribution in [0.3, 0.4) is 0 Å². The Labute approximate surface area is 119 Å². The Morgan fingerprint density at radius 3 is 2.24 bits per heavy atom. The summed E-state index contributed by atoms with van der Waals surface area (Å²) < 4.78 is 53.1.